The molecule has 152 valence electrons. The molecule has 1 aromatic heterocycles. The first-order valence-electron chi connectivity index (χ1n) is 10.0. The van der Waals surface area contributed by atoms with Gasteiger partial charge in [-0.05, 0) is 56.5 Å². The summed E-state index contributed by atoms with van der Waals surface area (Å²) in [5, 5.41) is 15.3. The molecule has 3 nitrogen and oxygen atoms in total. The summed E-state index contributed by atoms with van der Waals surface area (Å²) >= 11 is 12.9. The zero-order chi connectivity index (χ0) is 20.5. The van der Waals surface area contributed by atoms with Crippen LogP contribution in [0.5, 0.6) is 0 Å². The smallest absolute Gasteiger partial charge is 0.0571 e. The molecule has 1 aliphatic heterocycles. The maximum Gasteiger partial charge on any atom is 0.0571 e. The van der Waals surface area contributed by atoms with Crippen molar-refractivity contribution >= 4 is 23.2 Å². The Labute approximate surface area is 182 Å². The number of nitrogens with one attached hydrogen (secondary N) is 1. The van der Waals surface area contributed by atoms with Gasteiger partial charge in [-0.2, -0.15) is 0 Å². The maximum atomic E-state index is 10.3. The number of rotatable bonds is 4. The van der Waals surface area contributed by atoms with Crippen molar-refractivity contribution in [2.75, 3.05) is 6.54 Å². The third-order valence-corrected chi connectivity index (χ3v) is 6.45. The Morgan fingerprint density at radius 3 is 2.41 bits per heavy atom. The summed E-state index contributed by atoms with van der Waals surface area (Å²) in [6.45, 7) is 5.63. The molecule has 0 radical (unpaired) electrons. The van der Waals surface area contributed by atoms with Crippen molar-refractivity contribution in [1.29, 1.82) is 0 Å². The standard InChI is InChI=1S/C24H26Cl2N2O/c1-15-6-8-17(9-7-15)23-16(2)13-28(14-19-20(25)4-3-5-21(19)26)24(23)22-12-18(29)10-11-27-22/h3-9,13,18,22,27,29H,10-12,14H2,1-2H3. The van der Waals surface area contributed by atoms with E-state index in [-0.39, 0.29) is 12.1 Å². The van der Waals surface area contributed by atoms with Crippen molar-refractivity contribution in [1.82, 2.24) is 9.88 Å². The van der Waals surface area contributed by atoms with Crippen molar-refractivity contribution < 1.29 is 5.11 Å². The van der Waals surface area contributed by atoms with E-state index in [9.17, 15) is 5.11 Å². The van der Waals surface area contributed by atoms with Crippen LogP contribution in [0.1, 0.15) is 41.3 Å². The molecular formula is C24H26Cl2N2O. The largest absolute Gasteiger partial charge is 0.393 e. The highest BCUT2D eigenvalue weighted by molar-refractivity contribution is 6.35. The van der Waals surface area contributed by atoms with Crippen molar-refractivity contribution in [2.45, 2.75) is 45.4 Å². The molecule has 29 heavy (non-hydrogen) atoms. The molecule has 0 bridgehead atoms. The normalized spacial score (nSPS) is 19.5. The summed E-state index contributed by atoms with van der Waals surface area (Å²) in [6, 6.07) is 14.3. The van der Waals surface area contributed by atoms with E-state index >= 15 is 0 Å². The molecule has 2 unspecified atom stereocenters. The third kappa shape index (κ3) is 4.24. The van der Waals surface area contributed by atoms with Gasteiger partial charge in [-0.25, -0.2) is 0 Å². The molecule has 2 atom stereocenters. The monoisotopic (exact) mass is 428 g/mol. The van der Waals surface area contributed by atoms with Crippen LogP contribution in [0, 0.1) is 13.8 Å². The average molecular weight is 429 g/mol. The SMILES string of the molecule is Cc1ccc(-c2c(C)cn(Cc3c(Cl)cccc3Cl)c2C2CC(O)CCN2)cc1. The van der Waals surface area contributed by atoms with Crippen LogP contribution in [0.4, 0.5) is 0 Å². The fourth-order valence-electron chi connectivity index (χ4n) is 4.27. The lowest BCUT2D eigenvalue weighted by molar-refractivity contribution is 0.115. The number of benzene rings is 2. The van der Waals surface area contributed by atoms with Gasteiger partial charge < -0.3 is 15.0 Å². The second kappa shape index (κ2) is 8.53. The summed E-state index contributed by atoms with van der Waals surface area (Å²) in [5.41, 5.74) is 6.95. The van der Waals surface area contributed by atoms with Crippen LogP contribution in [0.3, 0.4) is 0 Å². The van der Waals surface area contributed by atoms with Gasteiger partial charge in [0.25, 0.3) is 0 Å². The van der Waals surface area contributed by atoms with Crippen LogP contribution >= 0.6 is 23.2 Å². The van der Waals surface area contributed by atoms with Gasteiger partial charge in [-0.1, -0.05) is 59.1 Å². The highest BCUT2D eigenvalue weighted by atomic mass is 35.5. The van der Waals surface area contributed by atoms with Crippen LogP contribution in [0.15, 0.2) is 48.7 Å². The van der Waals surface area contributed by atoms with Crippen molar-refractivity contribution in [3.63, 3.8) is 0 Å². The van der Waals surface area contributed by atoms with E-state index in [1.165, 1.54) is 27.9 Å². The van der Waals surface area contributed by atoms with E-state index in [0.29, 0.717) is 23.0 Å². The Bertz CT molecular complexity index is 990. The topological polar surface area (TPSA) is 37.2 Å². The molecular weight excluding hydrogens is 403 g/mol. The quantitative estimate of drug-likeness (QED) is 0.541. The lowest BCUT2D eigenvalue weighted by Gasteiger charge is -2.30. The van der Waals surface area contributed by atoms with Gasteiger partial charge in [0, 0.05) is 33.1 Å². The Balaban J connectivity index is 1.84. The first kappa shape index (κ1) is 20.5. The summed E-state index contributed by atoms with van der Waals surface area (Å²) in [4.78, 5) is 0. The first-order chi connectivity index (χ1) is 13.9. The van der Waals surface area contributed by atoms with Crippen LogP contribution in [-0.4, -0.2) is 22.3 Å². The number of piperidine rings is 1. The van der Waals surface area contributed by atoms with E-state index in [2.05, 4.69) is 54.2 Å². The molecule has 3 aromatic rings. The summed E-state index contributed by atoms with van der Waals surface area (Å²) < 4.78 is 2.24. The van der Waals surface area contributed by atoms with E-state index in [1.807, 2.05) is 18.2 Å². The second-order valence-corrected chi connectivity index (χ2v) is 8.77. The molecule has 0 saturated carbocycles. The Morgan fingerprint density at radius 1 is 1.07 bits per heavy atom. The van der Waals surface area contributed by atoms with Gasteiger partial charge in [0.1, 0.15) is 0 Å². The Morgan fingerprint density at radius 2 is 1.76 bits per heavy atom. The second-order valence-electron chi connectivity index (χ2n) is 7.95. The highest BCUT2D eigenvalue weighted by Gasteiger charge is 2.28. The molecule has 1 saturated heterocycles. The van der Waals surface area contributed by atoms with Crippen molar-refractivity contribution in [2.24, 2.45) is 0 Å². The maximum absolute atomic E-state index is 10.3. The van der Waals surface area contributed by atoms with Gasteiger partial charge in [0.2, 0.25) is 0 Å². The van der Waals surface area contributed by atoms with E-state index in [1.54, 1.807) is 0 Å². The van der Waals surface area contributed by atoms with Crippen LogP contribution in [0.2, 0.25) is 10.0 Å². The fraction of sp³-hybridized carbons (Fsp3) is 0.333. The molecule has 2 aromatic carbocycles. The molecule has 2 N–H and O–H groups in total. The van der Waals surface area contributed by atoms with Crippen LogP contribution in [0.25, 0.3) is 11.1 Å². The predicted molar refractivity (Wildman–Crippen MR) is 121 cm³/mol. The van der Waals surface area contributed by atoms with Gasteiger partial charge >= 0.3 is 0 Å². The average Bonchev–Trinajstić information content (AvgIpc) is 3.01. The van der Waals surface area contributed by atoms with Gasteiger partial charge in [0.05, 0.1) is 18.7 Å². The number of halogens is 2. The summed E-state index contributed by atoms with van der Waals surface area (Å²) in [7, 11) is 0. The number of hydrogen-bond acceptors (Lipinski definition) is 2. The van der Waals surface area contributed by atoms with E-state index < -0.39 is 0 Å². The minimum absolute atomic E-state index is 0.0741. The lowest BCUT2D eigenvalue weighted by Crippen LogP contribution is -2.35. The number of aliphatic hydroxyl groups is 1. The number of nitrogens with zero attached hydrogens (tertiary/aromatic N) is 1. The third-order valence-electron chi connectivity index (χ3n) is 5.75. The fourth-order valence-corrected chi connectivity index (χ4v) is 4.79. The highest BCUT2D eigenvalue weighted by Crippen LogP contribution is 2.38. The zero-order valence-electron chi connectivity index (χ0n) is 16.8. The van der Waals surface area contributed by atoms with E-state index in [4.69, 9.17) is 23.2 Å². The zero-order valence-corrected chi connectivity index (χ0v) is 18.3. The molecule has 0 spiro atoms. The molecule has 1 fully saturated rings. The van der Waals surface area contributed by atoms with Crippen molar-refractivity contribution in [3.8, 4) is 11.1 Å². The number of aromatic nitrogens is 1. The van der Waals surface area contributed by atoms with Crippen LogP contribution < -0.4 is 5.32 Å². The predicted octanol–water partition coefficient (Wildman–Crippen LogP) is 5.91. The van der Waals surface area contributed by atoms with Gasteiger partial charge in [-0.15, -0.1) is 0 Å². The molecule has 4 rings (SSSR count). The molecule has 0 amide bonds. The number of aliphatic hydroxyl groups excluding tert-OH is 1. The Kier molecular flexibility index (Phi) is 6.03. The van der Waals surface area contributed by atoms with Gasteiger partial charge in [-0.3, -0.25) is 0 Å². The minimum atomic E-state index is -0.292. The van der Waals surface area contributed by atoms with Crippen molar-refractivity contribution in [3.05, 3.63) is 81.1 Å². The molecule has 0 aliphatic carbocycles. The van der Waals surface area contributed by atoms with Gasteiger partial charge in [0.15, 0.2) is 0 Å². The van der Waals surface area contributed by atoms with E-state index in [0.717, 1.165) is 18.5 Å². The number of hydrogen-bond donors (Lipinski definition) is 2. The summed E-state index contributed by atoms with van der Waals surface area (Å²) in [5.74, 6) is 0. The molecule has 5 heteroatoms. The first-order valence-corrected chi connectivity index (χ1v) is 10.8. The minimum Gasteiger partial charge on any atom is -0.393 e. The van der Waals surface area contributed by atoms with Crippen LogP contribution in [-0.2, 0) is 6.54 Å². The molecule has 1 aliphatic rings. The molecule has 2 heterocycles. The number of aryl methyl sites for hydroxylation is 2. The Hall–Kier alpha value is -1.78. The lowest BCUT2D eigenvalue weighted by atomic mass is 9.92. The summed E-state index contributed by atoms with van der Waals surface area (Å²) in [6.07, 6.45) is 3.36.